The summed E-state index contributed by atoms with van der Waals surface area (Å²) in [6.45, 7) is 4.44. The maximum Gasteiger partial charge on any atom is 0.516 e. The number of hydrogen-bond donors (Lipinski definition) is 4. The van der Waals surface area contributed by atoms with Gasteiger partial charge in [-0.3, -0.25) is 4.90 Å². The number of nitrogens with one attached hydrogen (secondary N) is 1. The molecule has 5 nitrogen and oxygen atoms in total. The molecular formula is C9H20BN2O3+. The molecule has 1 amide bonds. The second-order valence-electron chi connectivity index (χ2n) is 4.57. The molecule has 3 atom stereocenters. The van der Waals surface area contributed by atoms with Crippen LogP contribution in [0, 0.1) is 5.92 Å². The zero-order chi connectivity index (χ0) is 11.6. The molecule has 1 unspecified atom stereocenters. The highest BCUT2D eigenvalue weighted by molar-refractivity contribution is 6.42. The summed E-state index contributed by atoms with van der Waals surface area (Å²) in [5.74, 6) is -0.412. The van der Waals surface area contributed by atoms with E-state index in [1.54, 1.807) is 0 Å². The van der Waals surface area contributed by atoms with E-state index < -0.39 is 19.1 Å². The Bertz CT molecular complexity index is 235. The van der Waals surface area contributed by atoms with E-state index in [2.05, 4.69) is 0 Å². The van der Waals surface area contributed by atoms with Gasteiger partial charge in [0.15, 0.2) is 0 Å². The van der Waals surface area contributed by atoms with E-state index in [0.717, 1.165) is 6.42 Å². The van der Waals surface area contributed by atoms with Crippen LogP contribution in [0.4, 0.5) is 0 Å². The number of nitrogens with two attached hydrogens (primary N) is 1. The van der Waals surface area contributed by atoms with Gasteiger partial charge in [-0.2, -0.15) is 0 Å². The van der Waals surface area contributed by atoms with E-state index in [1.807, 2.05) is 13.8 Å². The highest BCUT2D eigenvalue weighted by Crippen LogP contribution is 2.03. The number of rotatable bonds is 3. The van der Waals surface area contributed by atoms with Gasteiger partial charge in [0.2, 0.25) is 0 Å². The van der Waals surface area contributed by atoms with E-state index in [0.29, 0.717) is 17.9 Å². The van der Waals surface area contributed by atoms with E-state index in [-0.39, 0.29) is 11.8 Å². The van der Waals surface area contributed by atoms with Crippen molar-refractivity contribution in [2.75, 3.05) is 6.54 Å². The molecule has 0 bridgehead atoms. The van der Waals surface area contributed by atoms with Crippen molar-refractivity contribution in [3.05, 3.63) is 0 Å². The Hall–Kier alpha value is -0.425. The number of amides is 1. The summed E-state index contributed by atoms with van der Waals surface area (Å²) in [7, 11) is -1.43. The van der Waals surface area contributed by atoms with Gasteiger partial charge >= 0.3 is 13.0 Å². The number of hydrogen-bond acceptors (Lipinski definition) is 4. The van der Waals surface area contributed by atoms with Gasteiger partial charge in [-0.1, -0.05) is 13.8 Å². The monoisotopic (exact) mass is 215 g/mol. The molecule has 1 aliphatic rings. The van der Waals surface area contributed by atoms with Crippen LogP contribution in [0.15, 0.2) is 0 Å². The molecule has 0 saturated carbocycles. The zero-order valence-corrected chi connectivity index (χ0v) is 9.31. The largest absolute Gasteiger partial charge is 0.516 e. The van der Waals surface area contributed by atoms with Gasteiger partial charge in [0, 0.05) is 12.8 Å². The summed E-state index contributed by atoms with van der Waals surface area (Å²) in [5.41, 5.74) is 5.77. The smallest absolute Gasteiger partial charge is 0.423 e. The Morgan fingerprint density at radius 1 is 1.53 bits per heavy atom. The van der Waals surface area contributed by atoms with Crippen LogP contribution in [0.2, 0.25) is 0 Å². The first-order valence-electron chi connectivity index (χ1n) is 5.46. The van der Waals surface area contributed by atoms with Gasteiger partial charge in [0.1, 0.15) is 12.0 Å². The third-order valence-electron chi connectivity index (χ3n) is 3.11. The first-order chi connectivity index (χ1) is 6.95. The molecule has 0 aromatic carbocycles. The fourth-order valence-corrected chi connectivity index (χ4v) is 2.02. The maximum atomic E-state index is 11.9. The summed E-state index contributed by atoms with van der Waals surface area (Å²) < 4.78 is 0. The van der Waals surface area contributed by atoms with Crippen LogP contribution in [-0.2, 0) is 4.79 Å². The summed E-state index contributed by atoms with van der Waals surface area (Å²) in [6, 6.07) is -0.514. The molecule has 6 heteroatoms. The van der Waals surface area contributed by atoms with Crippen molar-refractivity contribution in [3.63, 3.8) is 0 Å². The molecule has 1 rings (SSSR count). The normalized spacial score (nSPS) is 28.1. The Balaban J connectivity index is 2.66. The van der Waals surface area contributed by atoms with Crippen molar-refractivity contribution < 1.29 is 19.7 Å². The average molecular weight is 215 g/mol. The van der Waals surface area contributed by atoms with Crippen molar-refractivity contribution in [1.29, 1.82) is 0 Å². The van der Waals surface area contributed by atoms with Crippen LogP contribution < -0.4 is 10.6 Å². The lowest BCUT2D eigenvalue weighted by Gasteiger charge is -2.22. The second-order valence-corrected chi connectivity index (χ2v) is 4.57. The lowest BCUT2D eigenvalue weighted by molar-refractivity contribution is -0.822. The third kappa shape index (κ3) is 2.78. The fourth-order valence-electron chi connectivity index (χ4n) is 2.02. The highest BCUT2D eigenvalue weighted by atomic mass is 16.4. The minimum atomic E-state index is -1.43. The highest BCUT2D eigenvalue weighted by Gasteiger charge is 2.44. The molecule has 5 N–H and O–H groups in total. The zero-order valence-electron chi connectivity index (χ0n) is 9.31. The Labute approximate surface area is 90.4 Å². The standard InChI is InChI=1S/C9H19BN2O3/c1-6(2)8(11)9(13)12-5-3-4-7(12)10(14)15/h6-8,14-15H,3-5,11H2,1-2H3/p+1/t7-,8+/m1/s1. The van der Waals surface area contributed by atoms with Crippen LogP contribution in [0.1, 0.15) is 26.7 Å². The van der Waals surface area contributed by atoms with Gasteiger partial charge in [0.05, 0.1) is 6.54 Å². The number of carbonyl (C=O) groups excluding carboxylic acids is 1. The Morgan fingerprint density at radius 3 is 2.60 bits per heavy atom. The SMILES string of the molecule is CC(C)[C@H](N)C(=O)[NH+]1CCC[C@@H]1B(O)O. The number of quaternary nitrogens is 1. The number of carbonyl (C=O) groups is 1. The van der Waals surface area contributed by atoms with Crippen molar-refractivity contribution in [2.24, 2.45) is 11.7 Å². The third-order valence-corrected chi connectivity index (χ3v) is 3.11. The predicted octanol–water partition coefficient (Wildman–Crippen LogP) is -2.44. The first-order valence-corrected chi connectivity index (χ1v) is 5.46. The van der Waals surface area contributed by atoms with E-state index in [1.165, 1.54) is 0 Å². The lowest BCUT2D eigenvalue weighted by Crippen LogP contribution is -3.19. The van der Waals surface area contributed by atoms with Crippen molar-refractivity contribution >= 4 is 13.0 Å². The molecule has 86 valence electrons. The average Bonchev–Trinajstić information content (AvgIpc) is 2.63. The van der Waals surface area contributed by atoms with E-state index in [4.69, 9.17) is 15.8 Å². The predicted molar refractivity (Wildman–Crippen MR) is 56.9 cm³/mol. The molecule has 0 aliphatic carbocycles. The van der Waals surface area contributed by atoms with Crippen molar-refractivity contribution in [1.82, 2.24) is 0 Å². The number of likely N-dealkylation sites (tertiary alicyclic amines) is 1. The van der Waals surface area contributed by atoms with E-state index in [9.17, 15) is 4.79 Å². The topological polar surface area (TPSA) is 88.0 Å². The minimum absolute atomic E-state index is 0.0853. The minimum Gasteiger partial charge on any atom is -0.423 e. The quantitative estimate of drug-likeness (QED) is 0.394. The molecule has 0 radical (unpaired) electrons. The first kappa shape index (κ1) is 12.6. The van der Waals surface area contributed by atoms with Gasteiger partial charge in [0.25, 0.3) is 0 Å². The van der Waals surface area contributed by atoms with Crippen LogP contribution in [0.25, 0.3) is 0 Å². The summed E-state index contributed by atoms with van der Waals surface area (Å²) in [6.07, 6.45) is 1.51. The molecule has 1 fully saturated rings. The second kappa shape index (κ2) is 5.07. The van der Waals surface area contributed by atoms with Gasteiger partial charge in [-0.25, -0.2) is 4.79 Å². The van der Waals surface area contributed by atoms with Crippen molar-refractivity contribution in [3.8, 4) is 0 Å². The summed E-state index contributed by atoms with van der Waals surface area (Å²) in [5, 5.41) is 18.3. The molecule has 0 aromatic heterocycles. The lowest BCUT2D eigenvalue weighted by atomic mass is 9.77. The summed E-state index contributed by atoms with van der Waals surface area (Å²) in [4.78, 5) is 12.5. The van der Waals surface area contributed by atoms with Crippen LogP contribution in [0.5, 0.6) is 0 Å². The van der Waals surface area contributed by atoms with Gasteiger partial charge < -0.3 is 15.8 Å². The molecular weight excluding hydrogens is 195 g/mol. The molecule has 1 heterocycles. The Kier molecular flexibility index (Phi) is 4.27. The van der Waals surface area contributed by atoms with Gasteiger partial charge in [-0.15, -0.1) is 0 Å². The molecule has 0 aromatic rings. The van der Waals surface area contributed by atoms with Crippen LogP contribution >= 0.6 is 0 Å². The van der Waals surface area contributed by atoms with Crippen molar-refractivity contribution in [2.45, 2.75) is 38.7 Å². The molecule has 1 saturated heterocycles. The van der Waals surface area contributed by atoms with E-state index >= 15 is 0 Å². The Morgan fingerprint density at radius 2 is 2.13 bits per heavy atom. The van der Waals surface area contributed by atoms with Gasteiger partial charge in [-0.05, 0) is 5.92 Å². The van der Waals surface area contributed by atoms with Crippen LogP contribution in [-0.4, -0.2) is 41.6 Å². The van der Waals surface area contributed by atoms with Crippen LogP contribution in [0.3, 0.4) is 0 Å². The maximum absolute atomic E-state index is 11.9. The molecule has 1 aliphatic heterocycles. The fraction of sp³-hybridized carbons (Fsp3) is 0.889. The summed E-state index contributed by atoms with van der Waals surface area (Å²) >= 11 is 0. The molecule has 15 heavy (non-hydrogen) atoms. The molecule has 0 spiro atoms.